The van der Waals surface area contributed by atoms with Crippen LogP contribution in [0.3, 0.4) is 0 Å². The minimum Gasteiger partial charge on any atom is -0.342 e. The molecular formula is C22H29N5O3. The van der Waals surface area contributed by atoms with Gasteiger partial charge in [0.2, 0.25) is 23.5 Å². The zero-order valence-electron chi connectivity index (χ0n) is 17.5. The van der Waals surface area contributed by atoms with Crippen molar-refractivity contribution in [2.75, 3.05) is 20.1 Å². The number of aromatic nitrogens is 3. The van der Waals surface area contributed by atoms with Crippen molar-refractivity contribution in [3.8, 4) is 11.4 Å². The fourth-order valence-corrected chi connectivity index (χ4v) is 4.50. The van der Waals surface area contributed by atoms with E-state index in [9.17, 15) is 9.59 Å². The summed E-state index contributed by atoms with van der Waals surface area (Å²) in [5, 5.41) is 3.98. The van der Waals surface area contributed by atoms with Crippen LogP contribution in [-0.2, 0) is 16.1 Å². The number of carbonyl (C=O) groups excluding carboxylic acids is 2. The second kappa shape index (κ2) is 9.36. The lowest BCUT2D eigenvalue weighted by molar-refractivity contribution is -0.143. The maximum atomic E-state index is 13.0. The molecule has 2 amide bonds. The summed E-state index contributed by atoms with van der Waals surface area (Å²) >= 11 is 0. The number of rotatable bonds is 6. The lowest BCUT2D eigenvalue weighted by Gasteiger charge is -2.36. The summed E-state index contributed by atoms with van der Waals surface area (Å²) in [6, 6.07) is 3.67. The van der Waals surface area contributed by atoms with Gasteiger partial charge in [-0.2, -0.15) is 4.98 Å². The quantitative estimate of drug-likeness (QED) is 0.726. The van der Waals surface area contributed by atoms with Crippen LogP contribution >= 0.6 is 0 Å². The lowest BCUT2D eigenvalue weighted by atomic mass is 9.87. The zero-order valence-corrected chi connectivity index (χ0v) is 17.5. The Labute approximate surface area is 176 Å². The van der Waals surface area contributed by atoms with Crippen LogP contribution in [0.2, 0.25) is 0 Å². The highest BCUT2D eigenvalue weighted by molar-refractivity contribution is 5.83. The third-order valence-electron chi connectivity index (χ3n) is 6.19. The van der Waals surface area contributed by atoms with E-state index in [1.54, 1.807) is 24.3 Å². The Morgan fingerprint density at radius 1 is 1.27 bits per heavy atom. The van der Waals surface area contributed by atoms with Gasteiger partial charge in [0.15, 0.2) is 0 Å². The summed E-state index contributed by atoms with van der Waals surface area (Å²) in [5.74, 6) is 1.47. The van der Waals surface area contributed by atoms with Gasteiger partial charge in [-0.25, -0.2) is 0 Å². The van der Waals surface area contributed by atoms with Gasteiger partial charge < -0.3 is 14.3 Å². The first-order chi connectivity index (χ1) is 14.6. The molecule has 30 heavy (non-hydrogen) atoms. The van der Waals surface area contributed by atoms with Gasteiger partial charge in [-0.05, 0) is 37.3 Å². The molecule has 0 unspecified atom stereocenters. The Balaban J connectivity index is 1.34. The van der Waals surface area contributed by atoms with E-state index in [1.165, 1.54) is 32.1 Å². The van der Waals surface area contributed by atoms with Crippen molar-refractivity contribution in [2.45, 2.75) is 51.5 Å². The van der Waals surface area contributed by atoms with Crippen LogP contribution in [0, 0.1) is 11.8 Å². The van der Waals surface area contributed by atoms with Crippen molar-refractivity contribution in [3.05, 3.63) is 30.4 Å². The van der Waals surface area contributed by atoms with E-state index >= 15 is 0 Å². The predicted octanol–water partition coefficient (Wildman–Crippen LogP) is 2.91. The van der Waals surface area contributed by atoms with Gasteiger partial charge in [-0.15, -0.1) is 0 Å². The molecule has 2 aliphatic rings. The third kappa shape index (κ3) is 4.86. The zero-order chi connectivity index (χ0) is 20.9. The Bertz CT molecular complexity index is 863. The average Bonchev–Trinajstić information content (AvgIpc) is 3.24. The van der Waals surface area contributed by atoms with Gasteiger partial charge in [0.05, 0.1) is 12.5 Å². The number of amides is 2. The van der Waals surface area contributed by atoms with E-state index < -0.39 is 0 Å². The third-order valence-corrected chi connectivity index (χ3v) is 6.19. The molecule has 0 radical (unpaired) electrons. The number of likely N-dealkylation sites (tertiary alicyclic amines) is 1. The topological polar surface area (TPSA) is 92.4 Å². The maximum absolute atomic E-state index is 13.0. The molecule has 1 saturated heterocycles. The standard InChI is InChI=1S/C22H29N5O3/c1-26(15-19-24-21(25-30-19)17-8-5-11-23-12-17)22(29)18-9-10-20(28)27(14-18)13-16-6-3-2-4-7-16/h5,8,11-12,16,18H,2-4,6-7,9-10,13-15H2,1H3/t18-/m1/s1. The Morgan fingerprint density at radius 2 is 2.10 bits per heavy atom. The van der Waals surface area contributed by atoms with Gasteiger partial charge in [-0.3, -0.25) is 14.6 Å². The summed E-state index contributed by atoms with van der Waals surface area (Å²) < 4.78 is 5.32. The Morgan fingerprint density at radius 3 is 2.87 bits per heavy atom. The largest absolute Gasteiger partial charge is 0.342 e. The molecule has 160 valence electrons. The number of hydrogen-bond donors (Lipinski definition) is 0. The highest BCUT2D eigenvalue weighted by Gasteiger charge is 2.33. The molecule has 1 aliphatic heterocycles. The first kappa shape index (κ1) is 20.5. The Kier molecular flexibility index (Phi) is 6.40. The van der Waals surface area contributed by atoms with Crippen molar-refractivity contribution in [1.29, 1.82) is 0 Å². The van der Waals surface area contributed by atoms with Crippen molar-refractivity contribution >= 4 is 11.8 Å². The van der Waals surface area contributed by atoms with E-state index in [-0.39, 0.29) is 24.3 Å². The van der Waals surface area contributed by atoms with E-state index in [1.807, 2.05) is 17.0 Å². The average molecular weight is 412 g/mol. The van der Waals surface area contributed by atoms with Crippen molar-refractivity contribution < 1.29 is 14.1 Å². The molecule has 2 aromatic rings. The van der Waals surface area contributed by atoms with Crippen LogP contribution in [0.5, 0.6) is 0 Å². The van der Waals surface area contributed by atoms with Gasteiger partial charge in [0.25, 0.3) is 0 Å². The first-order valence-electron chi connectivity index (χ1n) is 10.9. The molecule has 0 N–H and O–H groups in total. The molecule has 0 aromatic carbocycles. The summed E-state index contributed by atoms with van der Waals surface area (Å²) in [6.07, 6.45) is 10.6. The van der Waals surface area contributed by atoms with Crippen LogP contribution in [0.15, 0.2) is 29.0 Å². The summed E-state index contributed by atoms with van der Waals surface area (Å²) in [6.45, 7) is 1.56. The van der Waals surface area contributed by atoms with Gasteiger partial charge in [0, 0.05) is 44.5 Å². The smallest absolute Gasteiger partial charge is 0.246 e. The molecule has 8 heteroatoms. The molecule has 0 bridgehead atoms. The second-order valence-corrected chi connectivity index (χ2v) is 8.49. The Hall–Kier alpha value is -2.77. The molecule has 1 atom stereocenters. The van der Waals surface area contributed by atoms with Gasteiger partial charge in [0.1, 0.15) is 0 Å². The highest BCUT2D eigenvalue weighted by Crippen LogP contribution is 2.27. The van der Waals surface area contributed by atoms with E-state index in [0.717, 1.165) is 12.1 Å². The number of hydrogen-bond acceptors (Lipinski definition) is 6. The van der Waals surface area contributed by atoms with Gasteiger partial charge in [-0.1, -0.05) is 24.4 Å². The molecule has 4 rings (SSSR count). The molecule has 2 fully saturated rings. The van der Waals surface area contributed by atoms with Crippen LogP contribution in [0.1, 0.15) is 50.8 Å². The fourth-order valence-electron chi connectivity index (χ4n) is 4.50. The molecule has 8 nitrogen and oxygen atoms in total. The highest BCUT2D eigenvalue weighted by atomic mass is 16.5. The molecular weight excluding hydrogens is 382 g/mol. The lowest BCUT2D eigenvalue weighted by Crippen LogP contribution is -2.47. The van der Waals surface area contributed by atoms with Crippen LogP contribution in [0.25, 0.3) is 11.4 Å². The molecule has 1 saturated carbocycles. The number of nitrogens with zero attached hydrogens (tertiary/aromatic N) is 5. The monoisotopic (exact) mass is 411 g/mol. The second-order valence-electron chi connectivity index (χ2n) is 8.49. The van der Waals surface area contributed by atoms with Gasteiger partial charge >= 0.3 is 0 Å². The fraction of sp³-hybridized carbons (Fsp3) is 0.591. The molecule has 0 spiro atoms. The summed E-state index contributed by atoms with van der Waals surface area (Å²) in [7, 11) is 1.75. The molecule has 3 heterocycles. The van der Waals surface area contributed by atoms with E-state index in [0.29, 0.717) is 37.0 Å². The van der Waals surface area contributed by atoms with Crippen molar-refractivity contribution in [3.63, 3.8) is 0 Å². The first-order valence-corrected chi connectivity index (χ1v) is 10.9. The summed E-state index contributed by atoms with van der Waals surface area (Å²) in [5.41, 5.74) is 0.769. The maximum Gasteiger partial charge on any atom is 0.246 e. The number of pyridine rings is 1. The van der Waals surface area contributed by atoms with Crippen LogP contribution in [-0.4, -0.2) is 56.9 Å². The van der Waals surface area contributed by atoms with Crippen LogP contribution in [0.4, 0.5) is 0 Å². The summed E-state index contributed by atoms with van der Waals surface area (Å²) in [4.78, 5) is 37.4. The SMILES string of the molecule is CN(Cc1nc(-c2cccnc2)no1)C(=O)[C@@H]1CCC(=O)N(CC2CCCCC2)C1. The van der Waals surface area contributed by atoms with E-state index in [4.69, 9.17) is 4.52 Å². The minimum absolute atomic E-state index is 0.0253. The molecule has 1 aliphatic carbocycles. The van der Waals surface area contributed by atoms with Crippen molar-refractivity contribution in [2.24, 2.45) is 11.8 Å². The van der Waals surface area contributed by atoms with Crippen LogP contribution < -0.4 is 0 Å². The van der Waals surface area contributed by atoms with Crippen molar-refractivity contribution in [1.82, 2.24) is 24.9 Å². The van der Waals surface area contributed by atoms with E-state index in [2.05, 4.69) is 15.1 Å². The normalized spacial score (nSPS) is 20.4. The predicted molar refractivity (Wildman–Crippen MR) is 110 cm³/mol. The molecule has 2 aromatic heterocycles. The number of piperidine rings is 1. The minimum atomic E-state index is -0.169. The number of carbonyl (C=O) groups is 2.